The number of aromatic carboxylic acids is 1. The highest BCUT2D eigenvalue weighted by atomic mass is 79.9. The van der Waals surface area contributed by atoms with E-state index in [1.165, 1.54) is 30.3 Å². The first-order valence-corrected chi connectivity index (χ1v) is 8.26. The Hall–Kier alpha value is -1.57. The SMILES string of the molecule is O=C(O)c1ccc(Cl)cc1NS(=O)(=O)c1cccc(Br)c1. The number of carboxylic acids is 1. The number of anilines is 1. The van der Waals surface area contributed by atoms with Crippen LogP contribution in [0.1, 0.15) is 10.4 Å². The summed E-state index contributed by atoms with van der Waals surface area (Å²) in [4.78, 5) is 11.1. The first kappa shape index (κ1) is 15.8. The topological polar surface area (TPSA) is 83.5 Å². The number of hydrogen-bond donors (Lipinski definition) is 2. The van der Waals surface area contributed by atoms with Gasteiger partial charge in [0, 0.05) is 9.50 Å². The van der Waals surface area contributed by atoms with Gasteiger partial charge in [-0.1, -0.05) is 33.6 Å². The Kier molecular flexibility index (Phi) is 4.55. The lowest BCUT2D eigenvalue weighted by molar-refractivity contribution is 0.0698. The molecular formula is C13H9BrClNO4S. The van der Waals surface area contributed by atoms with E-state index in [-0.39, 0.29) is 21.2 Å². The Labute approximate surface area is 134 Å². The maximum absolute atomic E-state index is 12.3. The van der Waals surface area contributed by atoms with E-state index in [2.05, 4.69) is 20.7 Å². The minimum atomic E-state index is -3.91. The van der Waals surface area contributed by atoms with Gasteiger partial charge in [-0.15, -0.1) is 0 Å². The average Bonchev–Trinajstić information content (AvgIpc) is 2.38. The number of nitrogens with one attached hydrogen (secondary N) is 1. The third-order valence-corrected chi connectivity index (χ3v) is 4.65. The summed E-state index contributed by atoms with van der Waals surface area (Å²) in [5, 5.41) is 9.31. The lowest BCUT2D eigenvalue weighted by Crippen LogP contribution is -2.15. The van der Waals surface area contributed by atoms with Gasteiger partial charge in [0.25, 0.3) is 10.0 Å². The number of sulfonamides is 1. The molecule has 0 aromatic heterocycles. The summed E-state index contributed by atoms with van der Waals surface area (Å²) in [7, 11) is -3.91. The van der Waals surface area contributed by atoms with Crippen LogP contribution >= 0.6 is 27.5 Å². The summed E-state index contributed by atoms with van der Waals surface area (Å²) in [6, 6.07) is 9.92. The van der Waals surface area contributed by atoms with Gasteiger partial charge in [-0.3, -0.25) is 4.72 Å². The molecule has 0 heterocycles. The van der Waals surface area contributed by atoms with Gasteiger partial charge in [-0.25, -0.2) is 13.2 Å². The molecule has 0 radical (unpaired) electrons. The highest BCUT2D eigenvalue weighted by molar-refractivity contribution is 9.10. The van der Waals surface area contributed by atoms with E-state index in [0.717, 1.165) is 0 Å². The Morgan fingerprint density at radius 2 is 1.90 bits per heavy atom. The average molecular weight is 391 g/mol. The second-order valence-corrected chi connectivity index (χ2v) is 7.09. The highest BCUT2D eigenvalue weighted by Crippen LogP contribution is 2.25. The van der Waals surface area contributed by atoms with E-state index < -0.39 is 16.0 Å². The summed E-state index contributed by atoms with van der Waals surface area (Å²) >= 11 is 8.97. The molecule has 0 atom stereocenters. The van der Waals surface area contributed by atoms with Crippen LogP contribution in [-0.4, -0.2) is 19.5 Å². The van der Waals surface area contributed by atoms with Crippen LogP contribution in [0, 0.1) is 0 Å². The fourth-order valence-corrected chi connectivity index (χ4v) is 3.46. The lowest BCUT2D eigenvalue weighted by Gasteiger charge is -2.11. The van der Waals surface area contributed by atoms with Crippen molar-refractivity contribution in [2.24, 2.45) is 0 Å². The molecule has 0 bridgehead atoms. The Morgan fingerprint density at radius 1 is 1.19 bits per heavy atom. The number of rotatable bonds is 4. The number of carbonyl (C=O) groups is 1. The number of halogens is 2. The Bertz CT molecular complexity index is 808. The van der Waals surface area contributed by atoms with E-state index in [0.29, 0.717) is 4.47 Å². The van der Waals surface area contributed by atoms with Crippen LogP contribution < -0.4 is 4.72 Å². The molecule has 0 aliphatic carbocycles. The van der Waals surface area contributed by atoms with Crippen LogP contribution in [0.2, 0.25) is 5.02 Å². The minimum Gasteiger partial charge on any atom is -0.478 e. The predicted molar refractivity (Wildman–Crippen MR) is 83.4 cm³/mol. The molecule has 2 aromatic rings. The number of benzene rings is 2. The maximum Gasteiger partial charge on any atom is 0.337 e. The van der Waals surface area contributed by atoms with Crippen molar-refractivity contribution >= 4 is 49.2 Å². The molecule has 0 spiro atoms. The van der Waals surface area contributed by atoms with Crippen molar-refractivity contribution in [2.75, 3.05) is 4.72 Å². The van der Waals surface area contributed by atoms with Gasteiger partial charge in [-0.2, -0.15) is 0 Å². The monoisotopic (exact) mass is 389 g/mol. The van der Waals surface area contributed by atoms with Crippen LogP contribution in [0.3, 0.4) is 0 Å². The predicted octanol–water partition coefficient (Wildman–Crippen LogP) is 3.60. The van der Waals surface area contributed by atoms with Crippen LogP contribution in [0.25, 0.3) is 0 Å². The second kappa shape index (κ2) is 6.05. The van der Waals surface area contributed by atoms with E-state index in [4.69, 9.17) is 16.7 Å². The molecule has 0 amide bonds. The van der Waals surface area contributed by atoms with Crippen molar-refractivity contribution < 1.29 is 18.3 Å². The molecule has 0 unspecified atom stereocenters. The summed E-state index contributed by atoms with van der Waals surface area (Å²) in [5.41, 5.74) is -0.270. The molecular weight excluding hydrogens is 382 g/mol. The van der Waals surface area contributed by atoms with Gasteiger partial charge in [0.05, 0.1) is 16.1 Å². The quantitative estimate of drug-likeness (QED) is 0.835. The van der Waals surface area contributed by atoms with E-state index in [1.807, 2.05) is 0 Å². The van der Waals surface area contributed by atoms with Gasteiger partial charge in [0.15, 0.2) is 0 Å². The van der Waals surface area contributed by atoms with Gasteiger partial charge in [-0.05, 0) is 36.4 Å². The normalized spacial score (nSPS) is 11.1. The highest BCUT2D eigenvalue weighted by Gasteiger charge is 2.19. The first-order valence-electron chi connectivity index (χ1n) is 5.61. The smallest absolute Gasteiger partial charge is 0.337 e. The van der Waals surface area contributed by atoms with E-state index >= 15 is 0 Å². The standard InChI is InChI=1S/C13H9BrClNO4S/c14-8-2-1-3-10(6-8)21(19,20)16-12-7-9(15)4-5-11(12)13(17)18/h1-7,16H,(H,17,18). The fraction of sp³-hybridized carbons (Fsp3) is 0. The number of carboxylic acid groups (broad SMARTS) is 1. The zero-order chi connectivity index (χ0) is 15.6. The van der Waals surface area contributed by atoms with Gasteiger partial charge >= 0.3 is 5.97 Å². The molecule has 0 aliphatic rings. The molecule has 21 heavy (non-hydrogen) atoms. The van der Waals surface area contributed by atoms with Crippen molar-refractivity contribution in [1.29, 1.82) is 0 Å². The summed E-state index contributed by atoms with van der Waals surface area (Å²) < 4.78 is 27.4. The Morgan fingerprint density at radius 3 is 2.52 bits per heavy atom. The molecule has 0 saturated carbocycles. The zero-order valence-corrected chi connectivity index (χ0v) is 13.5. The Balaban J connectivity index is 2.46. The molecule has 0 aliphatic heterocycles. The van der Waals surface area contributed by atoms with Crippen molar-refractivity contribution in [3.63, 3.8) is 0 Å². The van der Waals surface area contributed by atoms with Crippen molar-refractivity contribution in [3.05, 3.63) is 57.5 Å². The molecule has 110 valence electrons. The lowest BCUT2D eigenvalue weighted by atomic mass is 10.2. The molecule has 0 saturated heterocycles. The second-order valence-electron chi connectivity index (χ2n) is 4.06. The van der Waals surface area contributed by atoms with E-state index in [9.17, 15) is 13.2 Å². The summed E-state index contributed by atoms with van der Waals surface area (Å²) in [5.74, 6) is -1.25. The van der Waals surface area contributed by atoms with Crippen molar-refractivity contribution in [3.8, 4) is 0 Å². The van der Waals surface area contributed by atoms with Crippen LogP contribution in [0.4, 0.5) is 5.69 Å². The van der Waals surface area contributed by atoms with Crippen molar-refractivity contribution in [1.82, 2.24) is 0 Å². The maximum atomic E-state index is 12.3. The van der Waals surface area contributed by atoms with Crippen LogP contribution in [0.5, 0.6) is 0 Å². The summed E-state index contributed by atoms with van der Waals surface area (Å²) in [6.45, 7) is 0. The van der Waals surface area contributed by atoms with Crippen LogP contribution in [-0.2, 0) is 10.0 Å². The zero-order valence-electron chi connectivity index (χ0n) is 10.4. The molecule has 5 nitrogen and oxygen atoms in total. The molecule has 2 rings (SSSR count). The van der Waals surface area contributed by atoms with E-state index in [1.54, 1.807) is 12.1 Å². The van der Waals surface area contributed by atoms with Gasteiger partial charge < -0.3 is 5.11 Å². The molecule has 2 aromatic carbocycles. The minimum absolute atomic E-state index is 0.00758. The summed E-state index contributed by atoms with van der Waals surface area (Å²) in [6.07, 6.45) is 0. The van der Waals surface area contributed by atoms with Crippen LogP contribution in [0.15, 0.2) is 51.8 Å². The van der Waals surface area contributed by atoms with Crippen molar-refractivity contribution in [2.45, 2.75) is 4.90 Å². The molecule has 0 fully saturated rings. The molecule has 8 heteroatoms. The fourth-order valence-electron chi connectivity index (χ4n) is 1.63. The molecule has 2 N–H and O–H groups in total. The van der Waals surface area contributed by atoms with Gasteiger partial charge in [0.1, 0.15) is 0 Å². The van der Waals surface area contributed by atoms with Gasteiger partial charge in [0.2, 0.25) is 0 Å². The third-order valence-electron chi connectivity index (χ3n) is 2.56. The largest absolute Gasteiger partial charge is 0.478 e. The third kappa shape index (κ3) is 3.75. The number of hydrogen-bond acceptors (Lipinski definition) is 3. The first-order chi connectivity index (χ1) is 9.79.